The molecule has 0 unspecified atom stereocenters. The third-order valence-electron chi connectivity index (χ3n) is 3.47. The van der Waals surface area contributed by atoms with E-state index in [1.54, 1.807) is 32.0 Å². The number of benzene rings is 1. The molecule has 0 fully saturated rings. The highest BCUT2D eigenvalue weighted by molar-refractivity contribution is 6.36. The summed E-state index contributed by atoms with van der Waals surface area (Å²) < 4.78 is 6.70. The van der Waals surface area contributed by atoms with Crippen LogP contribution in [-0.2, 0) is 5.54 Å². The summed E-state index contributed by atoms with van der Waals surface area (Å²) in [5.74, 6) is 0.530. The molecule has 0 aliphatic heterocycles. The van der Waals surface area contributed by atoms with Crippen molar-refractivity contribution in [3.63, 3.8) is 0 Å². The molecule has 2 heterocycles. The van der Waals surface area contributed by atoms with Crippen LogP contribution in [0.2, 0.25) is 10.0 Å². The molecule has 0 radical (unpaired) electrons. The van der Waals surface area contributed by atoms with Crippen molar-refractivity contribution in [3.8, 4) is 11.4 Å². The van der Waals surface area contributed by atoms with Crippen molar-refractivity contribution in [2.24, 2.45) is 0 Å². The van der Waals surface area contributed by atoms with Crippen molar-refractivity contribution >= 4 is 28.9 Å². The van der Waals surface area contributed by atoms with E-state index in [0.29, 0.717) is 21.4 Å². The Morgan fingerprint density at radius 1 is 1.33 bits per heavy atom. The molecule has 24 heavy (non-hydrogen) atoms. The summed E-state index contributed by atoms with van der Waals surface area (Å²) in [4.78, 5) is 14.6. The van der Waals surface area contributed by atoms with Crippen molar-refractivity contribution in [2.75, 3.05) is 0 Å². The lowest BCUT2D eigenvalue weighted by atomic mass is 10.1. The molecule has 0 saturated heterocycles. The number of aromatic nitrogens is 4. The molecule has 10 heteroatoms. The molecule has 0 saturated carbocycles. The van der Waals surface area contributed by atoms with Crippen molar-refractivity contribution in [1.29, 1.82) is 0 Å². The van der Waals surface area contributed by atoms with E-state index in [9.17, 15) is 10.1 Å². The van der Waals surface area contributed by atoms with Crippen molar-refractivity contribution < 1.29 is 9.45 Å². The molecule has 1 aromatic carbocycles. The minimum Gasteiger partial charge on any atom is -0.336 e. The summed E-state index contributed by atoms with van der Waals surface area (Å²) in [5, 5.41) is 19.6. The first-order valence-electron chi connectivity index (χ1n) is 6.78. The average molecular weight is 368 g/mol. The summed E-state index contributed by atoms with van der Waals surface area (Å²) in [7, 11) is 0. The SMILES string of the molecule is CC(C)(c1nc(-c2ccc(Cl)cc2Cl)no1)n1cc([N+](=O)[O-])cn1. The first-order chi connectivity index (χ1) is 11.3. The molecule has 0 amide bonds. The Labute approximate surface area is 146 Å². The maximum absolute atomic E-state index is 10.8. The molecular weight excluding hydrogens is 357 g/mol. The maximum atomic E-state index is 10.8. The fourth-order valence-electron chi connectivity index (χ4n) is 2.06. The van der Waals surface area contributed by atoms with Crippen LogP contribution in [-0.4, -0.2) is 24.8 Å². The second kappa shape index (κ2) is 5.88. The number of nitro groups is 1. The topological polar surface area (TPSA) is 99.9 Å². The van der Waals surface area contributed by atoms with E-state index in [1.165, 1.54) is 10.9 Å². The standard InChI is InChI=1S/C14H11Cl2N5O3/c1-14(2,20-7-9(6-17-20)21(22)23)13-18-12(19-24-13)10-4-3-8(15)5-11(10)16/h3-7H,1-2H3. The van der Waals surface area contributed by atoms with Crippen LogP contribution < -0.4 is 0 Å². The van der Waals surface area contributed by atoms with Crippen LogP contribution in [0.3, 0.4) is 0 Å². The number of hydrogen-bond donors (Lipinski definition) is 0. The Balaban J connectivity index is 1.97. The normalized spacial score (nSPS) is 11.7. The van der Waals surface area contributed by atoms with Gasteiger partial charge in [-0.1, -0.05) is 28.4 Å². The quantitative estimate of drug-likeness (QED) is 0.511. The zero-order chi connectivity index (χ0) is 17.5. The zero-order valence-electron chi connectivity index (χ0n) is 12.6. The molecular formula is C14H11Cl2N5O3. The van der Waals surface area contributed by atoms with E-state index in [4.69, 9.17) is 27.7 Å². The van der Waals surface area contributed by atoms with Crippen LogP contribution in [0.4, 0.5) is 5.69 Å². The molecule has 124 valence electrons. The predicted molar refractivity (Wildman–Crippen MR) is 87.1 cm³/mol. The largest absolute Gasteiger partial charge is 0.336 e. The highest BCUT2D eigenvalue weighted by atomic mass is 35.5. The van der Waals surface area contributed by atoms with E-state index in [-0.39, 0.29) is 11.6 Å². The van der Waals surface area contributed by atoms with Gasteiger partial charge < -0.3 is 4.52 Å². The van der Waals surface area contributed by atoms with E-state index in [2.05, 4.69) is 15.2 Å². The average Bonchev–Trinajstić information content (AvgIpc) is 3.17. The molecule has 3 aromatic rings. The smallest absolute Gasteiger partial charge is 0.307 e. The van der Waals surface area contributed by atoms with Crippen molar-refractivity contribution in [2.45, 2.75) is 19.4 Å². The van der Waals surface area contributed by atoms with Crippen molar-refractivity contribution in [3.05, 3.63) is 56.6 Å². The number of rotatable bonds is 4. The third-order valence-corrected chi connectivity index (χ3v) is 4.02. The van der Waals surface area contributed by atoms with Gasteiger partial charge in [0.05, 0.1) is 9.95 Å². The van der Waals surface area contributed by atoms with Gasteiger partial charge in [-0.15, -0.1) is 0 Å². The molecule has 3 rings (SSSR count). The monoisotopic (exact) mass is 367 g/mol. The Hall–Kier alpha value is -2.45. The summed E-state index contributed by atoms with van der Waals surface area (Å²) in [5.41, 5.74) is -0.430. The number of halogens is 2. The highest BCUT2D eigenvalue weighted by Crippen LogP contribution is 2.31. The van der Waals surface area contributed by atoms with Gasteiger partial charge in [-0.25, -0.2) is 0 Å². The van der Waals surface area contributed by atoms with E-state index < -0.39 is 10.5 Å². The second-order valence-corrected chi connectivity index (χ2v) is 6.35. The van der Waals surface area contributed by atoms with E-state index in [1.807, 2.05) is 0 Å². The van der Waals surface area contributed by atoms with Gasteiger partial charge in [-0.2, -0.15) is 10.1 Å². The van der Waals surface area contributed by atoms with Crippen LogP contribution in [0.25, 0.3) is 11.4 Å². The van der Waals surface area contributed by atoms with Gasteiger partial charge in [0, 0.05) is 10.6 Å². The molecule has 0 N–H and O–H groups in total. The van der Waals surface area contributed by atoms with Crippen molar-refractivity contribution in [1.82, 2.24) is 19.9 Å². The van der Waals surface area contributed by atoms with Gasteiger partial charge in [0.1, 0.15) is 17.9 Å². The van der Waals surface area contributed by atoms with Crippen LogP contribution >= 0.6 is 23.2 Å². The molecule has 0 aliphatic rings. The molecule has 0 spiro atoms. The fourth-order valence-corrected chi connectivity index (χ4v) is 2.56. The Kier molecular flexibility index (Phi) is 4.02. The molecule has 8 nitrogen and oxygen atoms in total. The third kappa shape index (κ3) is 2.85. The lowest BCUT2D eigenvalue weighted by Crippen LogP contribution is -2.28. The molecule has 2 aromatic heterocycles. The highest BCUT2D eigenvalue weighted by Gasteiger charge is 2.32. The summed E-state index contributed by atoms with van der Waals surface area (Å²) in [6.07, 6.45) is 2.47. The van der Waals surface area contributed by atoms with Crippen LogP contribution in [0, 0.1) is 10.1 Å². The van der Waals surface area contributed by atoms with Gasteiger partial charge in [0.2, 0.25) is 5.82 Å². The van der Waals surface area contributed by atoms with Gasteiger partial charge in [0.25, 0.3) is 5.89 Å². The lowest BCUT2D eigenvalue weighted by molar-refractivity contribution is -0.385. The lowest BCUT2D eigenvalue weighted by Gasteiger charge is -2.19. The maximum Gasteiger partial charge on any atom is 0.307 e. The first kappa shape index (κ1) is 16.4. The second-order valence-electron chi connectivity index (χ2n) is 5.51. The predicted octanol–water partition coefficient (Wildman–Crippen LogP) is 3.93. The number of nitrogens with zero attached hydrogens (tertiary/aromatic N) is 5. The van der Waals surface area contributed by atoms with Gasteiger partial charge in [-0.05, 0) is 32.0 Å². The van der Waals surface area contributed by atoms with Crippen LogP contribution in [0.1, 0.15) is 19.7 Å². The van der Waals surface area contributed by atoms with Crippen LogP contribution in [0.15, 0.2) is 35.1 Å². The molecule has 0 atom stereocenters. The first-order valence-corrected chi connectivity index (χ1v) is 7.54. The van der Waals surface area contributed by atoms with Gasteiger partial charge in [0.15, 0.2) is 0 Å². The number of hydrogen-bond acceptors (Lipinski definition) is 6. The molecule has 0 bridgehead atoms. The van der Waals surface area contributed by atoms with Gasteiger partial charge in [-0.3, -0.25) is 14.8 Å². The Bertz CT molecular complexity index is 919. The van der Waals surface area contributed by atoms with E-state index in [0.717, 1.165) is 6.20 Å². The van der Waals surface area contributed by atoms with E-state index >= 15 is 0 Å². The van der Waals surface area contributed by atoms with Gasteiger partial charge >= 0.3 is 5.69 Å². The Morgan fingerprint density at radius 2 is 2.08 bits per heavy atom. The van der Waals surface area contributed by atoms with Crippen LogP contribution in [0.5, 0.6) is 0 Å². The fraction of sp³-hybridized carbons (Fsp3) is 0.214. The molecule has 0 aliphatic carbocycles. The summed E-state index contributed by atoms with van der Waals surface area (Å²) in [6.45, 7) is 3.51. The zero-order valence-corrected chi connectivity index (χ0v) is 14.1. The summed E-state index contributed by atoms with van der Waals surface area (Å²) >= 11 is 12.0. The Morgan fingerprint density at radius 3 is 2.71 bits per heavy atom. The minimum atomic E-state index is -0.877. The minimum absolute atomic E-state index is 0.122. The summed E-state index contributed by atoms with van der Waals surface area (Å²) in [6, 6.07) is 4.93.